The van der Waals surface area contributed by atoms with Crippen LogP contribution in [0.15, 0.2) is 36.5 Å². The molecule has 1 aliphatic heterocycles. The van der Waals surface area contributed by atoms with Crippen molar-refractivity contribution < 1.29 is 22.7 Å². The Labute approximate surface area is 163 Å². The van der Waals surface area contributed by atoms with Gasteiger partial charge in [-0.25, -0.2) is 4.98 Å². The molecule has 1 N–H and O–H groups in total. The highest BCUT2D eigenvalue weighted by Gasteiger charge is 2.29. The SMILES string of the molecule is O=C(c1ccc(OCC(F)(F)F)nc1)N1CCc2[nH]c3ccc(Cl)cc3c2C1. The van der Waals surface area contributed by atoms with Gasteiger partial charge in [0.15, 0.2) is 6.61 Å². The van der Waals surface area contributed by atoms with Gasteiger partial charge in [0.1, 0.15) is 0 Å². The van der Waals surface area contributed by atoms with Crippen LogP contribution >= 0.6 is 11.6 Å². The molecule has 0 bridgehead atoms. The Morgan fingerprint density at radius 2 is 2.11 bits per heavy atom. The number of aromatic amines is 1. The molecule has 0 atom stereocenters. The smallest absolute Gasteiger partial charge is 0.422 e. The maximum atomic E-state index is 12.8. The molecule has 28 heavy (non-hydrogen) atoms. The average molecular weight is 410 g/mol. The predicted octanol–water partition coefficient (Wildman–Crippen LogP) is 4.36. The third-order valence-corrected chi connectivity index (χ3v) is 4.83. The van der Waals surface area contributed by atoms with Crippen molar-refractivity contribution in [3.8, 4) is 5.88 Å². The standard InChI is InChI=1S/C19H15ClF3N3O2/c20-12-2-3-15-13(7-12)14-9-26(6-5-16(14)25-15)18(27)11-1-4-17(24-8-11)28-10-19(21,22)23/h1-4,7-8,25H,5-6,9-10H2. The minimum Gasteiger partial charge on any atom is -0.468 e. The lowest BCUT2D eigenvalue weighted by atomic mass is 10.0. The Morgan fingerprint density at radius 1 is 1.29 bits per heavy atom. The maximum absolute atomic E-state index is 12.8. The number of amides is 1. The van der Waals surface area contributed by atoms with Gasteiger partial charge in [0.2, 0.25) is 5.88 Å². The molecule has 5 nitrogen and oxygen atoms in total. The van der Waals surface area contributed by atoms with E-state index < -0.39 is 12.8 Å². The number of alkyl halides is 3. The van der Waals surface area contributed by atoms with Crippen LogP contribution in [0.25, 0.3) is 10.9 Å². The summed E-state index contributed by atoms with van der Waals surface area (Å²) in [6.45, 7) is -0.481. The molecular formula is C19H15ClF3N3O2. The summed E-state index contributed by atoms with van der Waals surface area (Å²) in [7, 11) is 0. The zero-order chi connectivity index (χ0) is 19.9. The number of hydrogen-bond donors (Lipinski definition) is 1. The molecule has 1 amide bonds. The topological polar surface area (TPSA) is 58.2 Å². The van der Waals surface area contributed by atoms with Gasteiger partial charge in [0.25, 0.3) is 5.91 Å². The number of halogens is 4. The molecule has 1 aromatic carbocycles. The number of fused-ring (bicyclic) bond motifs is 3. The van der Waals surface area contributed by atoms with Crippen LogP contribution in [0.1, 0.15) is 21.6 Å². The Kier molecular flexibility index (Phi) is 4.66. The molecule has 0 aliphatic carbocycles. The van der Waals surface area contributed by atoms with Crippen molar-refractivity contribution in [2.24, 2.45) is 0 Å². The summed E-state index contributed by atoms with van der Waals surface area (Å²) in [5.74, 6) is -0.419. The summed E-state index contributed by atoms with van der Waals surface area (Å²) in [5, 5.41) is 1.60. The van der Waals surface area contributed by atoms with Crippen LogP contribution in [0, 0.1) is 0 Å². The van der Waals surface area contributed by atoms with Crippen molar-refractivity contribution in [1.82, 2.24) is 14.9 Å². The van der Waals surface area contributed by atoms with E-state index in [4.69, 9.17) is 11.6 Å². The summed E-state index contributed by atoms with van der Waals surface area (Å²) in [5.41, 5.74) is 3.36. The van der Waals surface area contributed by atoms with Crippen LogP contribution in [-0.2, 0) is 13.0 Å². The third-order valence-electron chi connectivity index (χ3n) is 4.59. The van der Waals surface area contributed by atoms with E-state index in [0.29, 0.717) is 30.1 Å². The summed E-state index contributed by atoms with van der Waals surface area (Å²) in [6, 6.07) is 8.27. The van der Waals surface area contributed by atoms with Gasteiger partial charge in [0.05, 0.1) is 5.56 Å². The molecule has 3 aromatic rings. The Morgan fingerprint density at radius 3 is 2.82 bits per heavy atom. The molecule has 0 saturated carbocycles. The van der Waals surface area contributed by atoms with Gasteiger partial charge < -0.3 is 14.6 Å². The van der Waals surface area contributed by atoms with E-state index in [1.54, 1.807) is 4.90 Å². The van der Waals surface area contributed by atoms with Crippen LogP contribution in [0.5, 0.6) is 5.88 Å². The lowest BCUT2D eigenvalue weighted by molar-refractivity contribution is -0.154. The summed E-state index contributed by atoms with van der Waals surface area (Å²) >= 11 is 6.10. The highest BCUT2D eigenvalue weighted by Crippen LogP contribution is 2.30. The largest absolute Gasteiger partial charge is 0.468 e. The van der Waals surface area contributed by atoms with Crippen molar-refractivity contribution in [1.29, 1.82) is 0 Å². The van der Waals surface area contributed by atoms with E-state index in [1.807, 2.05) is 18.2 Å². The van der Waals surface area contributed by atoms with E-state index in [2.05, 4.69) is 14.7 Å². The van der Waals surface area contributed by atoms with Gasteiger partial charge in [-0.1, -0.05) is 11.6 Å². The van der Waals surface area contributed by atoms with Crippen LogP contribution < -0.4 is 4.74 Å². The zero-order valence-electron chi connectivity index (χ0n) is 14.5. The molecule has 4 rings (SSSR count). The van der Waals surface area contributed by atoms with Crippen molar-refractivity contribution >= 4 is 28.4 Å². The molecule has 9 heteroatoms. The van der Waals surface area contributed by atoms with Gasteiger partial charge in [0, 0.05) is 59.0 Å². The number of benzene rings is 1. The first-order chi connectivity index (χ1) is 13.3. The van der Waals surface area contributed by atoms with E-state index in [1.165, 1.54) is 18.3 Å². The third kappa shape index (κ3) is 3.77. The van der Waals surface area contributed by atoms with Gasteiger partial charge in [-0.05, 0) is 24.3 Å². The fraction of sp³-hybridized carbons (Fsp3) is 0.263. The second-order valence-corrected chi connectivity index (χ2v) is 6.97. The first-order valence-electron chi connectivity index (χ1n) is 8.54. The molecule has 0 spiro atoms. The minimum atomic E-state index is -4.44. The number of carbonyl (C=O) groups excluding carboxylic acids is 1. The normalized spacial score (nSPS) is 14.2. The first kappa shape index (κ1) is 18.6. The highest BCUT2D eigenvalue weighted by molar-refractivity contribution is 6.31. The number of H-pyrrole nitrogens is 1. The Bertz CT molecular complexity index is 1030. The lowest BCUT2D eigenvalue weighted by Gasteiger charge is -2.27. The second-order valence-electron chi connectivity index (χ2n) is 6.54. The van der Waals surface area contributed by atoms with Crippen LogP contribution in [-0.4, -0.2) is 40.1 Å². The highest BCUT2D eigenvalue weighted by atomic mass is 35.5. The summed E-state index contributed by atoms with van der Waals surface area (Å²) in [4.78, 5) is 21.6. The van der Waals surface area contributed by atoms with Crippen LogP contribution in [0.3, 0.4) is 0 Å². The predicted molar refractivity (Wildman–Crippen MR) is 97.5 cm³/mol. The van der Waals surface area contributed by atoms with Crippen molar-refractivity contribution in [3.63, 3.8) is 0 Å². The fourth-order valence-electron chi connectivity index (χ4n) is 3.29. The lowest BCUT2D eigenvalue weighted by Crippen LogP contribution is -2.35. The molecule has 0 saturated heterocycles. The van der Waals surface area contributed by atoms with Crippen molar-refractivity contribution in [2.75, 3.05) is 13.2 Å². The molecule has 146 valence electrons. The molecule has 2 aromatic heterocycles. The number of nitrogens with zero attached hydrogens (tertiary/aromatic N) is 2. The molecule has 0 radical (unpaired) electrons. The summed E-state index contributed by atoms with van der Waals surface area (Å²) < 4.78 is 41.2. The molecule has 3 heterocycles. The number of pyridine rings is 1. The number of aromatic nitrogens is 2. The second kappa shape index (κ2) is 7.01. The molecule has 1 aliphatic rings. The van der Waals surface area contributed by atoms with Gasteiger partial charge >= 0.3 is 6.18 Å². The number of rotatable bonds is 3. The van der Waals surface area contributed by atoms with E-state index in [9.17, 15) is 18.0 Å². The molecular weight excluding hydrogens is 395 g/mol. The number of carbonyl (C=O) groups is 1. The quantitative estimate of drug-likeness (QED) is 0.699. The average Bonchev–Trinajstić information content (AvgIpc) is 3.03. The Balaban J connectivity index is 1.50. The van der Waals surface area contributed by atoms with E-state index in [0.717, 1.165) is 22.2 Å². The van der Waals surface area contributed by atoms with Crippen molar-refractivity contribution in [3.05, 3.63) is 58.4 Å². The van der Waals surface area contributed by atoms with Gasteiger partial charge in [-0.2, -0.15) is 13.2 Å². The number of nitrogens with one attached hydrogen (secondary N) is 1. The monoisotopic (exact) mass is 409 g/mol. The number of ether oxygens (including phenoxy) is 1. The first-order valence-corrected chi connectivity index (χ1v) is 8.92. The zero-order valence-corrected chi connectivity index (χ0v) is 15.3. The Hall–Kier alpha value is -2.74. The molecule has 0 fully saturated rings. The fourth-order valence-corrected chi connectivity index (χ4v) is 3.46. The maximum Gasteiger partial charge on any atom is 0.422 e. The summed E-state index contributed by atoms with van der Waals surface area (Å²) in [6.07, 6.45) is -2.53. The molecule has 0 unspecified atom stereocenters. The minimum absolute atomic E-state index is 0.180. The van der Waals surface area contributed by atoms with Gasteiger partial charge in [-0.3, -0.25) is 4.79 Å². The van der Waals surface area contributed by atoms with E-state index >= 15 is 0 Å². The van der Waals surface area contributed by atoms with Crippen molar-refractivity contribution in [2.45, 2.75) is 19.1 Å². The number of hydrogen-bond acceptors (Lipinski definition) is 3. The van der Waals surface area contributed by atoms with Gasteiger partial charge in [-0.15, -0.1) is 0 Å². The van der Waals surface area contributed by atoms with Crippen LogP contribution in [0.2, 0.25) is 5.02 Å². The van der Waals surface area contributed by atoms with Crippen LogP contribution in [0.4, 0.5) is 13.2 Å². The van der Waals surface area contributed by atoms with E-state index in [-0.39, 0.29) is 11.8 Å².